The molecule has 5 nitrogen and oxygen atoms in total. The Morgan fingerprint density at radius 3 is 2.91 bits per heavy atom. The average Bonchev–Trinajstić information content (AvgIpc) is 3.07. The molecule has 0 aliphatic heterocycles. The first kappa shape index (κ1) is 15.5. The molecule has 0 saturated heterocycles. The van der Waals surface area contributed by atoms with Gasteiger partial charge in [0.1, 0.15) is 4.83 Å². The number of carbonyl (C=O) groups excluding carboxylic acids is 1. The zero-order valence-corrected chi connectivity index (χ0v) is 13.9. The number of hydrogen-bond donors (Lipinski definition) is 2. The number of carbonyl (C=O) groups is 1. The van der Waals surface area contributed by atoms with Crippen molar-refractivity contribution >= 4 is 27.5 Å². The maximum absolute atomic E-state index is 12.2. The summed E-state index contributed by atoms with van der Waals surface area (Å²) in [6.07, 6.45) is 5.67. The van der Waals surface area contributed by atoms with Crippen molar-refractivity contribution in [2.75, 3.05) is 6.54 Å². The summed E-state index contributed by atoms with van der Waals surface area (Å²) in [5, 5.41) is 17.8. The van der Waals surface area contributed by atoms with Gasteiger partial charge in [-0.25, -0.2) is 0 Å². The van der Waals surface area contributed by atoms with E-state index in [4.69, 9.17) is 5.10 Å². The molecule has 1 aliphatic rings. The second-order valence-electron chi connectivity index (χ2n) is 6.21. The highest BCUT2D eigenvalue weighted by Gasteiger charge is 2.22. The van der Waals surface area contributed by atoms with Crippen molar-refractivity contribution in [3.05, 3.63) is 16.6 Å². The topological polar surface area (TPSA) is 67.2 Å². The molecular formula is C16H23N3O2S. The van der Waals surface area contributed by atoms with Crippen LogP contribution in [-0.2, 0) is 0 Å². The number of hydrogen-bond acceptors (Lipinski definition) is 4. The van der Waals surface area contributed by atoms with Crippen LogP contribution in [0.1, 0.15) is 60.4 Å². The Morgan fingerprint density at radius 2 is 2.23 bits per heavy atom. The van der Waals surface area contributed by atoms with Crippen LogP contribution in [0.5, 0.6) is 0 Å². The molecule has 6 heteroatoms. The van der Waals surface area contributed by atoms with Gasteiger partial charge in [0.2, 0.25) is 0 Å². The molecule has 1 saturated carbocycles. The highest BCUT2D eigenvalue weighted by molar-refractivity contribution is 7.20. The molecule has 0 aromatic carbocycles. The van der Waals surface area contributed by atoms with Gasteiger partial charge in [0.25, 0.3) is 5.91 Å². The number of aryl methyl sites for hydroxylation is 1. The van der Waals surface area contributed by atoms with Crippen LogP contribution in [-0.4, -0.2) is 33.4 Å². The lowest BCUT2D eigenvalue weighted by Crippen LogP contribution is -2.29. The molecule has 2 N–H and O–H groups in total. The predicted molar refractivity (Wildman–Crippen MR) is 88.5 cm³/mol. The van der Waals surface area contributed by atoms with E-state index in [1.54, 1.807) is 6.92 Å². The number of aliphatic hydroxyl groups excluding tert-OH is 1. The molecule has 1 aliphatic carbocycles. The number of amides is 1. The first-order valence-electron chi connectivity index (χ1n) is 8.01. The van der Waals surface area contributed by atoms with Gasteiger partial charge in [-0.05, 0) is 32.8 Å². The maximum atomic E-state index is 12.2. The van der Waals surface area contributed by atoms with Crippen molar-refractivity contribution in [1.29, 1.82) is 0 Å². The van der Waals surface area contributed by atoms with Gasteiger partial charge in [0.05, 0.1) is 22.7 Å². The molecule has 0 bridgehead atoms. The Bertz CT molecular complexity index is 668. The minimum Gasteiger partial charge on any atom is -0.392 e. The lowest BCUT2D eigenvalue weighted by atomic mass is 9.96. The fourth-order valence-corrected chi connectivity index (χ4v) is 4.23. The lowest BCUT2D eigenvalue weighted by molar-refractivity contribution is 0.0928. The molecule has 1 atom stereocenters. The molecular weight excluding hydrogens is 298 g/mol. The highest BCUT2D eigenvalue weighted by atomic mass is 32.1. The number of rotatable bonds is 4. The fourth-order valence-electron chi connectivity index (χ4n) is 3.08. The number of nitrogens with zero attached hydrogens (tertiary/aromatic N) is 2. The van der Waals surface area contributed by atoms with Crippen LogP contribution in [0.25, 0.3) is 10.2 Å². The van der Waals surface area contributed by atoms with Crippen LogP contribution in [0.15, 0.2) is 6.07 Å². The van der Waals surface area contributed by atoms with E-state index in [0.717, 1.165) is 15.9 Å². The molecule has 2 aromatic heterocycles. The van der Waals surface area contributed by atoms with E-state index in [0.29, 0.717) is 10.9 Å². The fraction of sp³-hybridized carbons (Fsp3) is 0.625. The summed E-state index contributed by atoms with van der Waals surface area (Å²) in [5.74, 6) is -0.114. The van der Waals surface area contributed by atoms with Gasteiger partial charge in [0.15, 0.2) is 0 Å². The lowest BCUT2D eigenvalue weighted by Gasteiger charge is -2.22. The standard InChI is InChI=1S/C16H23N3O2S/c1-10(20)9-17-15(21)14-8-13-11(2)18-19(16(13)22-14)12-6-4-3-5-7-12/h8,10,12,20H,3-7,9H2,1-2H3,(H,17,21). The van der Waals surface area contributed by atoms with Crippen LogP contribution < -0.4 is 5.32 Å². The van der Waals surface area contributed by atoms with Gasteiger partial charge in [-0.15, -0.1) is 11.3 Å². The zero-order chi connectivity index (χ0) is 15.7. The number of aliphatic hydroxyl groups is 1. The predicted octanol–water partition coefficient (Wildman–Crippen LogP) is 3.02. The Labute approximate surface area is 134 Å². The average molecular weight is 321 g/mol. The van der Waals surface area contributed by atoms with Crippen molar-refractivity contribution in [2.24, 2.45) is 0 Å². The number of thiophene rings is 1. The Balaban J connectivity index is 1.87. The van der Waals surface area contributed by atoms with Crippen molar-refractivity contribution in [3.63, 3.8) is 0 Å². The van der Waals surface area contributed by atoms with E-state index in [9.17, 15) is 9.90 Å². The molecule has 3 rings (SSSR count). The number of aromatic nitrogens is 2. The number of nitrogens with one attached hydrogen (secondary N) is 1. The van der Waals surface area contributed by atoms with Gasteiger partial charge < -0.3 is 10.4 Å². The molecule has 1 amide bonds. The monoisotopic (exact) mass is 321 g/mol. The minimum atomic E-state index is -0.530. The van der Waals surface area contributed by atoms with Gasteiger partial charge >= 0.3 is 0 Å². The van der Waals surface area contributed by atoms with E-state index in [1.165, 1.54) is 43.4 Å². The van der Waals surface area contributed by atoms with E-state index < -0.39 is 6.10 Å². The summed E-state index contributed by atoms with van der Waals surface area (Å²) in [6, 6.07) is 2.40. The third-order valence-corrected chi connectivity index (χ3v) is 5.39. The molecule has 0 radical (unpaired) electrons. The molecule has 2 heterocycles. The zero-order valence-electron chi connectivity index (χ0n) is 13.1. The van der Waals surface area contributed by atoms with Crippen molar-refractivity contribution in [2.45, 2.75) is 58.1 Å². The Kier molecular flexibility index (Phi) is 4.49. The second kappa shape index (κ2) is 6.38. The molecule has 2 aromatic rings. The maximum Gasteiger partial charge on any atom is 0.261 e. The van der Waals surface area contributed by atoms with Crippen molar-refractivity contribution in [3.8, 4) is 0 Å². The summed E-state index contributed by atoms with van der Waals surface area (Å²) in [7, 11) is 0. The van der Waals surface area contributed by atoms with E-state index in [1.807, 2.05) is 13.0 Å². The SMILES string of the molecule is Cc1nn(C2CCCCC2)c2sc(C(=O)NCC(C)O)cc12. The van der Waals surface area contributed by atoms with E-state index in [-0.39, 0.29) is 12.5 Å². The van der Waals surface area contributed by atoms with Crippen molar-refractivity contribution in [1.82, 2.24) is 15.1 Å². The quantitative estimate of drug-likeness (QED) is 0.909. The molecule has 22 heavy (non-hydrogen) atoms. The molecule has 0 spiro atoms. The molecule has 1 unspecified atom stereocenters. The summed E-state index contributed by atoms with van der Waals surface area (Å²) in [6.45, 7) is 3.95. The number of fused-ring (bicyclic) bond motifs is 1. The first-order valence-corrected chi connectivity index (χ1v) is 8.83. The summed E-state index contributed by atoms with van der Waals surface area (Å²) >= 11 is 1.50. The van der Waals surface area contributed by atoms with E-state index >= 15 is 0 Å². The molecule has 1 fully saturated rings. The largest absolute Gasteiger partial charge is 0.392 e. The first-order chi connectivity index (χ1) is 10.6. The van der Waals surface area contributed by atoms with E-state index in [2.05, 4.69) is 10.00 Å². The van der Waals surface area contributed by atoms with Crippen LogP contribution in [0.3, 0.4) is 0 Å². The Morgan fingerprint density at radius 1 is 1.50 bits per heavy atom. The second-order valence-corrected chi connectivity index (χ2v) is 7.24. The van der Waals surface area contributed by atoms with Gasteiger partial charge in [0, 0.05) is 11.9 Å². The Hall–Kier alpha value is -1.40. The van der Waals surface area contributed by atoms with Gasteiger partial charge in [-0.2, -0.15) is 5.10 Å². The van der Waals surface area contributed by atoms with Crippen LogP contribution >= 0.6 is 11.3 Å². The van der Waals surface area contributed by atoms with Gasteiger partial charge in [-0.1, -0.05) is 19.3 Å². The normalized spacial score (nSPS) is 17.8. The third-order valence-electron chi connectivity index (χ3n) is 4.27. The highest BCUT2D eigenvalue weighted by Crippen LogP contribution is 2.35. The minimum absolute atomic E-state index is 0.114. The molecule has 120 valence electrons. The van der Waals surface area contributed by atoms with Crippen LogP contribution in [0.2, 0.25) is 0 Å². The van der Waals surface area contributed by atoms with Gasteiger partial charge in [-0.3, -0.25) is 9.48 Å². The van der Waals surface area contributed by atoms with Crippen LogP contribution in [0, 0.1) is 6.92 Å². The summed E-state index contributed by atoms with van der Waals surface area (Å²) in [4.78, 5) is 14.0. The smallest absolute Gasteiger partial charge is 0.261 e. The van der Waals surface area contributed by atoms with Crippen molar-refractivity contribution < 1.29 is 9.90 Å². The third kappa shape index (κ3) is 3.03. The van der Waals surface area contributed by atoms with Crippen LogP contribution in [0.4, 0.5) is 0 Å². The summed E-state index contributed by atoms with van der Waals surface area (Å²) in [5.41, 5.74) is 0.992. The summed E-state index contributed by atoms with van der Waals surface area (Å²) < 4.78 is 2.14.